The maximum absolute atomic E-state index is 12.3. The van der Waals surface area contributed by atoms with Crippen LogP contribution in [0.4, 0.5) is 14.5 Å². The maximum Gasteiger partial charge on any atom is 0.258 e. The highest BCUT2D eigenvalue weighted by atomic mass is 35.5. The van der Waals surface area contributed by atoms with Crippen LogP contribution in [0.3, 0.4) is 0 Å². The first kappa shape index (κ1) is 14.0. The van der Waals surface area contributed by atoms with Crippen molar-refractivity contribution in [3.05, 3.63) is 23.2 Å². The number of hydrogen-bond acceptors (Lipinski definition) is 2. The van der Waals surface area contributed by atoms with E-state index in [4.69, 9.17) is 16.3 Å². The highest BCUT2D eigenvalue weighted by Crippen LogP contribution is 2.28. The van der Waals surface area contributed by atoms with E-state index in [9.17, 15) is 8.78 Å². The SMILES string of the molecule is CCCOc1ccc(NC(C)C(F)F)cc1Cl. The highest BCUT2D eigenvalue weighted by Gasteiger charge is 2.14. The van der Waals surface area contributed by atoms with E-state index >= 15 is 0 Å². The molecule has 0 amide bonds. The van der Waals surface area contributed by atoms with Crippen LogP contribution in [0.1, 0.15) is 20.3 Å². The molecule has 1 rings (SSSR count). The minimum absolute atomic E-state index is 0.421. The molecule has 1 aromatic rings. The molecule has 1 aromatic carbocycles. The zero-order chi connectivity index (χ0) is 12.8. The molecular formula is C12H16ClF2NO. The third-order valence-corrected chi connectivity index (χ3v) is 2.46. The van der Waals surface area contributed by atoms with Crippen LogP contribution >= 0.6 is 11.6 Å². The third-order valence-electron chi connectivity index (χ3n) is 2.17. The summed E-state index contributed by atoms with van der Waals surface area (Å²) in [7, 11) is 0. The molecule has 5 heteroatoms. The van der Waals surface area contributed by atoms with Crippen molar-refractivity contribution in [3.8, 4) is 5.75 Å². The highest BCUT2D eigenvalue weighted by molar-refractivity contribution is 6.32. The molecule has 0 bridgehead atoms. The minimum atomic E-state index is -2.41. The Morgan fingerprint density at radius 3 is 2.65 bits per heavy atom. The number of ether oxygens (including phenoxy) is 1. The predicted octanol–water partition coefficient (Wildman–Crippen LogP) is 4.19. The molecule has 0 heterocycles. The molecule has 0 fully saturated rings. The lowest BCUT2D eigenvalue weighted by Crippen LogP contribution is -2.23. The van der Waals surface area contributed by atoms with Crippen molar-refractivity contribution in [2.24, 2.45) is 0 Å². The summed E-state index contributed by atoms with van der Waals surface area (Å²) in [5.74, 6) is 0.573. The van der Waals surface area contributed by atoms with E-state index in [-0.39, 0.29) is 0 Å². The second-order valence-corrected chi connectivity index (χ2v) is 4.17. The van der Waals surface area contributed by atoms with Crippen molar-refractivity contribution in [2.75, 3.05) is 11.9 Å². The van der Waals surface area contributed by atoms with Crippen molar-refractivity contribution in [3.63, 3.8) is 0 Å². The molecule has 1 atom stereocenters. The summed E-state index contributed by atoms with van der Waals surface area (Å²) < 4.78 is 30.1. The average Bonchev–Trinajstić information content (AvgIpc) is 2.28. The zero-order valence-electron chi connectivity index (χ0n) is 9.84. The van der Waals surface area contributed by atoms with Gasteiger partial charge in [0.05, 0.1) is 17.7 Å². The van der Waals surface area contributed by atoms with Gasteiger partial charge in [0.15, 0.2) is 0 Å². The molecule has 0 saturated carbocycles. The van der Waals surface area contributed by atoms with Crippen LogP contribution in [0, 0.1) is 0 Å². The minimum Gasteiger partial charge on any atom is -0.492 e. The molecule has 0 saturated heterocycles. The summed E-state index contributed by atoms with van der Waals surface area (Å²) in [6.07, 6.45) is -1.52. The summed E-state index contributed by atoms with van der Waals surface area (Å²) in [4.78, 5) is 0. The molecule has 17 heavy (non-hydrogen) atoms. The van der Waals surface area contributed by atoms with Crippen LogP contribution in [0.2, 0.25) is 5.02 Å². The van der Waals surface area contributed by atoms with Crippen molar-refractivity contribution in [2.45, 2.75) is 32.7 Å². The van der Waals surface area contributed by atoms with Crippen molar-refractivity contribution in [1.82, 2.24) is 0 Å². The number of halogens is 3. The lowest BCUT2D eigenvalue weighted by molar-refractivity contribution is 0.131. The summed E-state index contributed by atoms with van der Waals surface area (Å²) >= 11 is 5.98. The molecule has 96 valence electrons. The quantitative estimate of drug-likeness (QED) is 0.831. The fraction of sp³-hybridized carbons (Fsp3) is 0.500. The van der Waals surface area contributed by atoms with Crippen LogP contribution in [-0.4, -0.2) is 19.1 Å². The number of benzene rings is 1. The molecule has 1 unspecified atom stereocenters. The molecule has 0 aliphatic rings. The molecule has 0 aliphatic heterocycles. The van der Waals surface area contributed by atoms with Gasteiger partial charge >= 0.3 is 0 Å². The van der Waals surface area contributed by atoms with Gasteiger partial charge in [-0.25, -0.2) is 8.78 Å². The molecule has 0 aliphatic carbocycles. The number of nitrogens with one attached hydrogen (secondary N) is 1. The maximum atomic E-state index is 12.3. The lowest BCUT2D eigenvalue weighted by Gasteiger charge is -2.15. The second kappa shape index (κ2) is 6.64. The van der Waals surface area contributed by atoms with Crippen molar-refractivity contribution in [1.29, 1.82) is 0 Å². The fourth-order valence-corrected chi connectivity index (χ4v) is 1.48. The summed E-state index contributed by atoms with van der Waals surface area (Å²) in [6.45, 7) is 3.99. The third kappa shape index (κ3) is 4.38. The molecular weight excluding hydrogens is 248 g/mol. The van der Waals surface area contributed by atoms with Gasteiger partial charge < -0.3 is 10.1 Å². The monoisotopic (exact) mass is 263 g/mol. The Morgan fingerprint density at radius 2 is 2.12 bits per heavy atom. The van der Waals surface area contributed by atoms with Gasteiger partial charge in [-0.2, -0.15) is 0 Å². The average molecular weight is 264 g/mol. The molecule has 0 spiro atoms. The largest absolute Gasteiger partial charge is 0.492 e. The van der Waals surface area contributed by atoms with E-state index in [1.54, 1.807) is 18.2 Å². The van der Waals surface area contributed by atoms with Crippen LogP contribution in [0.15, 0.2) is 18.2 Å². The topological polar surface area (TPSA) is 21.3 Å². The Kier molecular flexibility index (Phi) is 5.48. The van der Waals surface area contributed by atoms with E-state index in [1.165, 1.54) is 6.92 Å². The van der Waals surface area contributed by atoms with E-state index in [1.807, 2.05) is 6.92 Å². The Morgan fingerprint density at radius 1 is 1.41 bits per heavy atom. The standard InChI is InChI=1S/C12H16ClF2NO/c1-3-6-17-11-5-4-9(7-10(11)13)16-8(2)12(14)15/h4-5,7-8,12,16H,3,6H2,1-2H3. The van der Waals surface area contributed by atoms with Crippen LogP contribution < -0.4 is 10.1 Å². The lowest BCUT2D eigenvalue weighted by atomic mass is 10.2. The number of anilines is 1. The van der Waals surface area contributed by atoms with Crippen molar-refractivity contribution >= 4 is 17.3 Å². The van der Waals surface area contributed by atoms with E-state index in [0.717, 1.165) is 6.42 Å². The van der Waals surface area contributed by atoms with Gasteiger partial charge in [-0.05, 0) is 31.5 Å². The Labute approximate surface area is 105 Å². The smallest absolute Gasteiger partial charge is 0.258 e. The molecule has 0 radical (unpaired) electrons. The van der Waals surface area contributed by atoms with Gasteiger partial charge in [0.1, 0.15) is 5.75 Å². The van der Waals surface area contributed by atoms with Gasteiger partial charge in [-0.3, -0.25) is 0 Å². The summed E-state index contributed by atoms with van der Waals surface area (Å²) in [6, 6.07) is 4.04. The van der Waals surface area contributed by atoms with E-state index < -0.39 is 12.5 Å². The molecule has 1 N–H and O–H groups in total. The van der Waals surface area contributed by atoms with Gasteiger partial charge in [-0.15, -0.1) is 0 Å². The summed E-state index contributed by atoms with van der Waals surface area (Å²) in [5.41, 5.74) is 0.562. The number of rotatable bonds is 6. The second-order valence-electron chi connectivity index (χ2n) is 3.76. The molecule has 2 nitrogen and oxygen atoms in total. The van der Waals surface area contributed by atoms with Crippen molar-refractivity contribution < 1.29 is 13.5 Å². The first-order valence-corrected chi connectivity index (χ1v) is 5.89. The van der Waals surface area contributed by atoms with E-state index in [0.29, 0.717) is 23.1 Å². The Balaban J connectivity index is 2.68. The first-order chi connectivity index (χ1) is 8.04. The Bertz CT molecular complexity index is 360. The Hall–Kier alpha value is -1.03. The first-order valence-electron chi connectivity index (χ1n) is 5.51. The van der Waals surface area contributed by atoms with Crippen LogP contribution in [0.5, 0.6) is 5.75 Å². The number of hydrogen-bond donors (Lipinski definition) is 1. The van der Waals surface area contributed by atoms with Crippen LogP contribution in [0.25, 0.3) is 0 Å². The zero-order valence-corrected chi connectivity index (χ0v) is 10.6. The van der Waals surface area contributed by atoms with Gasteiger partial charge in [0.25, 0.3) is 6.43 Å². The van der Waals surface area contributed by atoms with Gasteiger partial charge in [0, 0.05) is 5.69 Å². The van der Waals surface area contributed by atoms with Crippen LogP contribution in [-0.2, 0) is 0 Å². The van der Waals surface area contributed by atoms with E-state index in [2.05, 4.69) is 5.32 Å². The summed E-state index contributed by atoms with van der Waals surface area (Å²) in [5, 5.41) is 3.10. The normalized spacial score (nSPS) is 12.6. The fourth-order valence-electron chi connectivity index (χ4n) is 1.25. The predicted molar refractivity (Wildman–Crippen MR) is 66.3 cm³/mol. The molecule has 0 aromatic heterocycles. The van der Waals surface area contributed by atoms with Gasteiger partial charge in [-0.1, -0.05) is 18.5 Å². The van der Waals surface area contributed by atoms with Gasteiger partial charge in [0.2, 0.25) is 0 Å². The number of alkyl halides is 2.